The lowest BCUT2D eigenvalue weighted by molar-refractivity contribution is 0.0851. The van der Waals surface area contributed by atoms with Gasteiger partial charge in [0.1, 0.15) is 12.4 Å². The van der Waals surface area contributed by atoms with Gasteiger partial charge in [-0.05, 0) is 44.3 Å². The SMILES string of the molecule is C[C@@H]1CCC[C@H](C)N1CCOc1ccc(B(O)O)cc1. The third-order valence-corrected chi connectivity index (χ3v) is 4.17. The van der Waals surface area contributed by atoms with Gasteiger partial charge in [0.05, 0.1) is 0 Å². The van der Waals surface area contributed by atoms with Gasteiger partial charge in [0.2, 0.25) is 0 Å². The third-order valence-electron chi connectivity index (χ3n) is 4.17. The topological polar surface area (TPSA) is 52.9 Å². The average molecular weight is 277 g/mol. The van der Waals surface area contributed by atoms with E-state index in [-0.39, 0.29) is 0 Å². The monoisotopic (exact) mass is 277 g/mol. The molecule has 0 spiro atoms. The van der Waals surface area contributed by atoms with Crippen molar-refractivity contribution in [2.75, 3.05) is 13.2 Å². The molecule has 1 aromatic carbocycles. The lowest BCUT2D eigenvalue weighted by Gasteiger charge is -2.38. The van der Waals surface area contributed by atoms with Crippen LogP contribution in [0.15, 0.2) is 24.3 Å². The van der Waals surface area contributed by atoms with E-state index in [2.05, 4.69) is 18.7 Å². The molecule has 5 heteroatoms. The van der Waals surface area contributed by atoms with Crippen molar-refractivity contribution in [1.82, 2.24) is 4.90 Å². The molecule has 2 rings (SSSR count). The Morgan fingerprint density at radius 1 is 1.15 bits per heavy atom. The van der Waals surface area contributed by atoms with Crippen LogP contribution in [0.3, 0.4) is 0 Å². The van der Waals surface area contributed by atoms with Crippen molar-refractivity contribution in [2.24, 2.45) is 0 Å². The van der Waals surface area contributed by atoms with Gasteiger partial charge in [0.15, 0.2) is 0 Å². The molecule has 0 unspecified atom stereocenters. The second-order valence-corrected chi connectivity index (χ2v) is 5.66. The molecule has 4 nitrogen and oxygen atoms in total. The predicted octanol–water partition coefficient (Wildman–Crippen LogP) is 1.01. The van der Waals surface area contributed by atoms with Crippen molar-refractivity contribution < 1.29 is 14.8 Å². The highest BCUT2D eigenvalue weighted by molar-refractivity contribution is 6.58. The number of piperidine rings is 1. The number of hydrogen-bond acceptors (Lipinski definition) is 4. The van der Waals surface area contributed by atoms with Crippen LogP contribution in [-0.2, 0) is 0 Å². The van der Waals surface area contributed by atoms with E-state index in [4.69, 9.17) is 14.8 Å². The van der Waals surface area contributed by atoms with Crippen LogP contribution in [0.5, 0.6) is 5.75 Å². The van der Waals surface area contributed by atoms with Gasteiger partial charge in [-0.25, -0.2) is 0 Å². The highest BCUT2D eigenvalue weighted by atomic mass is 16.5. The Labute approximate surface area is 121 Å². The molecule has 20 heavy (non-hydrogen) atoms. The largest absolute Gasteiger partial charge is 0.492 e. The molecule has 1 aromatic rings. The number of ether oxygens (including phenoxy) is 1. The molecule has 1 aliphatic rings. The molecule has 1 aliphatic heterocycles. The number of likely N-dealkylation sites (tertiary alicyclic amines) is 1. The molecule has 0 amide bonds. The summed E-state index contributed by atoms with van der Waals surface area (Å²) in [5, 5.41) is 18.1. The smallest absolute Gasteiger partial charge is 0.488 e. The first-order chi connectivity index (χ1) is 9.58. The van der Waals surface area contributed by atoms with E-state index in [0.717, 1.165) is 12.3 Å². The molecule has 0 radical (unpaired) electrons. The van der Waals surface area contributed by atoms with Crippen LogP contribution in [0.2, 0.25) is 0 Å². The number of benzene rings is 1. The molecule has 1 saturated heterocycles. The first kappa shape index (κ1) is 15.4. The van der Waals surface area contributed by atoms with E-state index in [1.54, 1.807) is 24.3 Å². The molecule has 110 valence electrons. The summed E-state index contributed by atoms with van der Waals surface area (Å²) >= 11 is 0. The van der Waals surface area contributed by atoms with Crippen molar-refractivity contribution >= 4 is 12.6 Å². The average Bonchev–Trinajstić information content (AvgIpc) is 2.42. The zero-order valence-electron chi connectivity index (χ0n) is 12.3. The highest BCUT2D eigenvalue weighted by Gasteiger charge is 2.24. The van der Waals surface area contributed by atoms with Gasteiger partial charge in [-0.2, -0.15) is 0 Å². The molecule has 1 heterocycles. The summed E-state index contributed by atoms with van der Waals surface area (Å²) in [6.45, 7) is 6.17. The molecule has 0 bridgehead atoms. The normalized spacial score (nSPS) is 23.6. The maximum atomic E-state index is 9.03. The van der Waals surface area contributed by atoms with E-state index in [1.165, 1.54) is 19.3 Å². The van der Waals surface area contributed by atoms with E-state index < -0.39 is 7.12 Å². The van der Waals surface area contributed by atoms with Gasteiger partial charge in [0.25, 0.3) is 0 Å². The Morgan fingerprint density at radius 2 is 1.75 bits per heavy atom. The summed E-state index contributed by atoms with van der Waals surface area (Å²) in [5.74, 6) is 0.770. The Bertz CT molecular complexity index is 400. The summed E-state index contributed by atoms with van der Waals surface area (Å²) in [6.07, 6.45) is 3.87. The molecule has 1 fully saturated rings. The maximum absolute atomic E-state index is 9.03. The molecule has 2 atom stereocenters. The van der Waals surface area contributed by atoms with Crippen LogP contribution in [0, 0.1) is 0 Å². The van der Waals surface area contributed by atoms with Crippen molar-refractivity contribution in [3.05, 3.63) is 24.3 Å². The number of hydrogen-bond donors (Lipinski definition) is 2. The first-order valence-electron chi connectivity index (χ1n) is 7.42. The van der Waals surface area contributed by atoms with Gasteiger partial charge >= 0.3 is 7.12 Å². The van der Waals surface area contributed by atoms with Crippen LogP contribution in [0.1, 0.15) is 33.1 Å². The van der Waals surface area contributed by atoms with Crippen LogP contribution in [0.4, 0.5) is 0 Å². The molecule has 0 aliphatic carbocycles. The van der Waals surface area contributed by atoms with E-state index in [9.17, 15) is 0 Å². The minimum Gasteiger partial charge on any atom is -0.492 e. The lowest BCUT2D eigenvalue weighted by atomic mass is 9.80. The third kappa shape index (κ3) is 3.98. The highest BCUT2D eigenvalue weighted by Crippen LogP contribution is 2.22. The van der Waals surface area contributed by atoms with Gasteiger partial charge in [-0.3, -0.25) is 4.90 Å². The predicted molar refractivity (Wildman–Crippen MR) is 81.2 cm³/mol. The van der Waals surface area contributed by atoms with Crippen LogP contribution < -0.4 is 10.2 Å². The summed E-state index contributed by atoms with van der Waals surface area (Å²) in [4.78, 5) is 2.51. The first-order valence-corrected chi connectivity index (χ1v) is 7.42. The van der Waals surface area contributed by atoms with E-state index in [0.29, 0.717) is 24.2 Å². The molecular weight excluding hydrogens is 253 g/mol. The Morgan fingerprint density at radius 3 is 2.30 bits per heavy atom. The second-order valence-electron chi connectivity index (χ2n) is 5.66. The number of nitrogens with zero attached hydrogens (tertiary/aromatic N) is 1. The zero-order chi connectivity index (χ0) is 14.5. The minimum atomic E-state index is -1.42. The van der Waals surface area contributed by atoms with Crippen LogP contribution in [0.25, 0.3) is 0 Å². The van der Waals surface area contributed by atoms with Crippen molar-refractivity contribution in [2.45, 2.75) is 45.2 Å². The minimum absolute atomic E-state index is 0.482. The Balaban J connectivity index is 1.80. The summed E-state index contributed by atoms with van der Waals surface area (Å²) in [7, 11) is -1.42. The van der Waals surface area contributed by atoms with Gasteiger partial charge in [0, 0.05) is 18.6 Å². The molecule has 0 aromatic heterocycles. The Kier molecular flexibility index (Phi) is 5.46. The molecular formula is C15H24BNO3. The number of rotatable bonds is 5. The maximum Gasteiger partial charge on any atom is 0.488 e. The second kappa shape index (κ2) is 7.11. The van der Waals surface area contributed by atoms with Gasteiger partial charge in [-0.15, -0.1) is 0 Å². The summed E-state index contributed by atoms with van der Waals surface area (Å²) < 4.78 is 5.74. The fourth-order valence-electron chi connectivity index (χ4n) is 2.92. The van der Waals surface area contributed by atoms with Crippen molar-refractivity contribution in [3.63, 3.8) is 0 Å². The van der Waals surface area contributed by atoms with E-state index >= 15 is 0 Å². The molecule has 2 N–H and O–H groups in total. The van der Waals surface area contributed by atoms with Crippen molar-refractivity contribution in [1.29, 1.82) is 0 Å². The molecule has 0 saturated carbocycles. The van der Waals surface area contributed by atoms with Gasteiger partial charge < -0.3 is 14.8 Å². The summed E-state index contributed by atoms with van der Waals surface area (Å²) in [6, 6.07) is 8.16. The quantitative estimate of drug-likeness (QED) is 0.789. The zero-order valence-corrected chi connectivity index (χ0v) is 12.3. The van der Waals surface area contributed by atoms with Gasteiger partial charge in [-0.1, -0.05) is 18.6 Å². The fourth-order valence-corrected chi connectivity index (χ4v) is 2.92. The standard InChI is InChI=1S/C15H24BNO3/c1-12-4-3-5-13(2)17(12)10-11-20-15-8-6-14(7-9-15)16(18)19/h6-9,12-13,18-19H,3-5,10-11H2,1-2H3/t12-,13+. The lowest BCUT2D eigenvalue weighted by Crippen LogP contribution is -2.45. The van der Waals surface area contributed by atoms with Crippen molar-refractivity contribution in [3.8, 4) is 5.75 Å². The van der Waals surface area contributed by atoms with Crippen LogP contribution >= 0.6 is 0 Å². The van der Waals surface area contributed by atoms with Crippen LogP contribution in [-0.4, -0.2) is 47.3 Å². The summed E-state index contributed by atoms with van der Waals surface area (Å²) in [5.41, 5.74) is 0.482. The fraction of sp³-hybridized carbons (Fsp3) is 0.600. The van der Waals surface area contributed by atoms with E-state index in [1.807, 2.05) is 0 Å². The Hall–Kier alpha value is -1.04.